The van der Waals surface area contributed by atoms with E-state index in [9.17, 15) is 14.9 Å². The summed E-state index contributed by atoms with van der Waals surface area (Å²) in [6.07, 6.45) is 0. The second-order valence-electron chi connectivity index (χ2n) is 6.61. The van der Waals surface area contributed by atoms with Crippen molar-refractivity contribution in [2.24, 2.45) is 0 Å². The lowest BCUT2D eigenvalue weighted by Crippen LogP contribution is -2.37. The second-order valence-corrected chi connectivity index (χ2v) is 8.40. The van der Waals surface area contributed by atoms with Crippen molar-refractivity contribution in [1.82, 2.24) is 9.88 Å². The number of amides is 1. The van der Waals surface area contributed by atoms with Crippen LogP contribution < -0.4 is 9.64 Å². The molecule has 3 aromatic rings. The summed E-state index contributed by atoms with van der Waals surface area (Å²) in [6.45, 7) is 0.837. The molecule has 1 aromatic heterocycles. The molecule has 2 aromatic carbocycles. The van der Waals surface area contributed by atoms with Crippen LogP contribution in [0.5, 0.6) is 5.75 Å². The van der Waals surface area contributed by atoms with Gasteiger partial charge in [-0.1, -0.05) is 34.5 Å². The highest BCUT2D eigenvalue weighted by molar-refractivity contribution is 7.23. The Hall–Kier alpha value is -2.46. The van der Waals surface area contributed by atoms with Gasteiger partial charge < -0.3 is 9.64 Å². The number of non-ortho nitro benzene ring substituents is 1. The normalized spacial score (nSPS) is 11.1. The maximum absolute atomic E-state index is 13.4. The molecule has 0 aliphatic heterocycles. The van der Waals surface area contributed by atoms with Gasteiger partial charge in [-0.05, 0) is 32.3 Å². The maximum atomic E-state index is 13.4. The highest BCUT2D eigenvalue weighted by Crippen LogP contribution is 2.39. The Balaban J connectivity index is 2.11. The molecule has 0 unspecified atom stereocenters. The molecule has 8 nitrogen and oxygen atoms in total. The van der Waals surface area contributed by atoms with Crippen LogP contribution in [0.2, 0.25) is 10.0 Å². The number of ether oxygens (including phenoxy) is 1. The molecule has 0 spiro atoms. The summed E-state index contributed by atoms with van der Waals surface area (Å²) in [5, 5.41) is 12.2. The first-order valence-electron chi connectivity index (χ1n) is 8.76. The number of likely N-dealkylation sites (N-methyl/N-ethyl adjacent to an activating group) is 1. The van der Waals surface area contributed by atoms with E-state index in [2.05, 4.69) is 4.98 Å². The largest absolute Gasteiger partial charge is 0.494 e. The van der Waals surface area contributed by atoms with E-state index in [0.717, 1.165) is 0 Å². The topological polar surface area (TPSA) is 88.8 Å². The number of nitrogens with zero attached hydrogens (tertiary/aromatic N) is 4. The van der Waals surface area contributed by atoms with Crippen LogP contribution in [0.15, 0.2) is 30.3 Å². The number of hydrogen-bond donors (Lipinski definition) is 0. The highest BCUT2D eigenvalue weighted by atomic mass is 35.5. The monoisotopic (exact) mass is 468 g/mol. The number of halogens is 2. The van der Waals surface area contributed by atoms with Gasteiger partial charge in [0, 0.05) is 25.2 Å². The molecule has 0 bridgehead atoms. The van der Waals surface area contributed by atoms with Crippen molar-refractivity contribution in [3.63, 3.8) is 0 Å². The fourth-order valence-corrected chi connectivity index (χ4v) is 4.22. The summed E-state index contributed by atoms with van der Waals surface area (Å²) < 4.78 is 6.04. The molecule has 0 aliphatic carbocycles. The Labute approximate surface area is 186 Å². The molecule has 158 valence electrons. The lowest BCUT2D eigenvalue weighted by Gasteiger charge is -2.22. The number of hydrogen-bond acceptors (Lipinski definition) is 7. The van der Waals surface area contributed by atoms with Crippen LogP contribution in [0, 0.1) is 10.1 Å². The zero-order valence-corrected chi connectivity index (χ0v) is 18.7. The van der Waals surface area contributed by atoms with Crippen LogP contribution in [0.3, 0.4) is 0 Å². The van der Waals surface area contributed by atoms with Gasteiger partial charge in [-0.2, -0.15) is 0 Å². The average molecular weight is 469 g/mol. The van der Waals surface area contributed by atoms with Crippen LogP contribution in [-0.4, -0.2) is 55.0 Å². The highest BCUT2D eigenvalue weighted by Gasteiger charge is 2.26. The first-order chi connectivity index (χ1) is 14.2. The number of aromatic nitrogens is 1. The van der Waals surface area contributed by atoms with E-state index >= 15 is 0 Å². The van der Waals surface area contributed by atoms with Crippen molar-refractivity contribution in [2.45, 2.75) is 0 Å². The van der Waals surface area contributed by atoms with E-state index in [1.54, 1.807) is 12.1 Å². The fraction of sp³-hybridized carbons (Fsp3) is 0.263. The van der Waals surface area contributed by atoms with Gasteiger partial charge in [-0.25, -0.2) is 4.98 Å². The van der Waals surface area contributed by atoms with E-state index in [0.29, 0.717) is 39.2 Å². The lowest BCUT2D eigenvalue weighted by atomic mass is 10.1. The number of fused-ring (bicyclic) bond motifs is 1. The van der Waals surface area contributed by atoms with Gasteiger partial charge in [0.1, 0.15) is 11.3 Å². The molecule has 11 heteroatoms. The number of carbonyl (C=O) groups excluding carboxylic acids is 1. The zero-order valence-electron chi connectivity index (χ0n) is 16.4. The molecule has 0 saturated carbocycles. The Bertz CT molecular complexity index is 1120. The van der Waals surface area contributed by atoms with E-state index in [1.165, 1.54) is 41.5 Å². The van der Waals surface area contributed by atoms with Crippen LogP contribution in [-0.2, 0) is 0 Å². The first-order valence-corrected chi connectivity index (χ1v) is 10.3. The number of rotatable bonds is 7. The molecular weight excluding hydrogens is 451 g/mol. The van der Waals surface area contributed by atoms with Crippen LogP contribution >= 0.6 is 34.5 Å². The van der Waals surface area contributed by atoms with Gasteiger partial charge in [-0.3, -0.25) is 19.8 Å². The lowest BCUT2D eigenvalue weighted by molar-refractivity contribution is -0.384. The molecule has 3 rings (SSSR count). The SMILES string of the molecule is COc1ccc(Cl)c2sc(N(CCN(C)C)C(=O)c3cc([N+](=O)[O-])ccc3Cl)nc12. The number of anilines is 1. The molecule has 0 atom stereocenters. The number of nitro benzene ring substituents is 1. The van der Waals surface area contributed by atoms with Crippen molar-refractivity contribution in [2.75, 3.05) is 39.2 Å². The first kappa shape index (κ1) is 22.2. The molecule has 0 saturated heterocycles. The van der Waals surface area contributed by atoms with Crippen molar-refractivity contribution in [3.05, 3.63) is 56.1 Å². The van der Waals surface area contributed by atoms with Crippen molar-refractivity contribution in [3.8, 4) is 5.75 Å². The van der Waals surface area contributed by atoms with Gasteiger partial charge in [0.05, 0.1) is 32.3 Å². The third-order valence-electron chi connectivity index (χ3n) is 4.31. The summed E-state index contributed by atoms with van der Waals surface area (Å²) in [4.78, 5) is 31.9. The molecule has 0 radical (unpaired) electrons. The van der Waals surface area contributed by atoms with E-state index in [-0.39, 0.29) is 16.3 Å². The number of nitro groups is 1. The molecule has 1 heterocycles. The molecule has 0 aliphatic rings. The van der Waals surface area contributed by atoms with Crippen molar-refractivity contribution >= 4 is 61.5 Å². The van der Waals surface area contributed by atoms with Gasteiger partial charge in [0.25, 0.3) is 11.6 Å². The molecule has 0 N–H and O–H groups in total. The summed E-state index contributed by atoms with van der Waals surface area (Å²) in [7, 11) is 5.28. The number of benzene rings is 2. The smallest absolute Gasteiger partial charge is 0.270 e. The Morgan fingerprint density at radius 1 is 1.20 bits per heavy atom. The van der Waals surface area contributed by atoms with Crippen LogP contribution in [0.25, 0.3) is 10.2 Å². The van der Waals surface area contributed by atoms with Gasteiger partial charge in [-0.15, -0.1) is 0 Å². The van der Waals surface area contributed by atoms with Crippen LogP contribution in [0.1, 0.15) is 10.4 Å². The molecule has 30 heavy (non-hydrogen) atoms. The summed E-state index contributed by atoms with van der Waals surface area (Å²) >= 11 is 13.8. The van der Waals surface area contributed by atoms with E-state index in [4.69, 9.17) is 27.9 Å². The van der Waals surface area contributed by atoms with Gasteiger partial charge in [0.15, 0.2) is 5.13 Å². The minimum absolute atomic E-state index is 0.0296. The standard InChI is InChI=1S/C19H18Cl2N4O4S/c1-23(2)8-9-24(18(26)12-10-11(25(27)28)4-5-13(12)20)19-22-16-15(29-3)7-6-14(21)17(16)30-19/h4-7,10H,8-9H2,1-3H3. The quantitative estimate of drug-likeness (QED) is 0.367. The molecule has 1 amide bonds. The minimum atomic E-state index is -0.570. The van der Waals surface area contributed by atoms with Crippen molar-refractivity contribution in [1.29, 1.82) is 0 Å². The molecule has 0 fully saturated rings. The Morgan fingerprint density at radius 2 is 1.90 bits per heavy atom. The van der Waals surface area contributed by atoms with Crippen LogP contribution in [0.4, 0.5) is 10.8 Å². The van der Waals surface area contributed by atoms with E-state index in [1.807, 2.05) is 19.0 Å². The summed E-state index contributed by atoms with van der Waals surface area (Å²) in [5.74, 6) is 0.0463. The predicted octanol–water partition coefficient (Wildman–Crippen LogP) is 4.73. The fourth-order valence-electron chi connectivity index (χ4n) is 2.74. The Kier molecular flexibility index (Phi) is 6.77. The van der Waals surface area contributed by atoms with Gasteiger partial charge >= 0.3 is 0 Å². The minimum Gasteiger partial charge on any atom is -0.494 e. The van der Waals surface area contributed by atoms with Gasteiger partial charge in [0.2, 0.25) is 0 Å². The third-order valence-corrected chi connectivity index (χ3v) is 6.17. The van der Waals surface area contributed by atoms with Crippen molar-refractivity contribution < 1.29 is 14.5 Å². The van der Waals surface area contributed by atoms with E-state index < -0.39 is 10.8 Å². The number of carbonyl (C=O) groups is 1. The molecular formula is C19H18Cl2N4O4S. The second kappa shape index (κ2) is 9.13. The predicted molar refractivity (Wildman–Crippen MR) is 120 cm³/mol. The third kappa shape index (κ3) is 4.49. The summed E-state index contributed by atoms with van der Waals surface area (Å²) in [5.41, 5.74) is 0.351. The summed E-state index contributed by atoms with van der Waals surface area (Å²) in [6, 6.07) is 7.18. The zero-order chi connectivity index (χ0) is 22.0. The average Bonchev–Trinajstić information content (AvgIpc) is 3.14. The Morgan fingerprint density at radius 3 is 2.53 bits per heavy atom. The number of methoxy groups -OCH3 is 1. The number of thiazole rings is 1. The maximum Gasteiger partial charge on any atom is 0.270 e.